The SMILES string of the molecule is COc1ccccc1N1C(=O)S/C(=C\c2cc(C(C)(C)C)c(O)c(C(C)(C)C)c2)C1=O. The van der Waals surface area contributed by atoms with Gasteiger partial charge in [-0.3, -0.25) is 9.59 Å². The number of nitrogens with zero attached hydrogens (tertiary/aromatic N) is 1. The minimum absolute atomic E-state index is 0.277. The molecule has 2 aromatic rings. The van der Waals surface area contributed by atoms with Crippen molar-refractivity contribution >= 4 is 34.7 Å². The van der Waals surface area contributed by atoms with Crippen LogP contribution in [0.3, 0.4) is 0 Å². The van der Waals surface area contributed by atoms with Crippen molar-refractivity contribution in [3.05, 3.63) is 58.0 Å². The van der Waals surface area contributed by atoms with Crippen LogP contribution in [0, 0.1) is 0 Å². The molecule has 1 N–H and O–H groups in total. The molecule has 0 aromatic heterocycles. The van der Waals surface area contributed by atoms with E-state index in [1.54, 1.807) is 30.3 Å². The molecule has 0 aliphatic carbocycles. The van der Waals surface area contributed by atoms with E-state index in [2.05, 4.69) is 0 Å². The maximum absolute atomic E-state index is 13.1. The fraction of sp³-hybridized carbons (Fsp3) is 0.360. The van der Waals surface area contributed by atoms with E-state index in [-0.39, 0.29) is 27.7 Å². The van der Waals surface area contributed by atoms with Crippen LogP contribution < -0.4 is 9.64 Å². The van der Waals surface area contributed by atoms with Gasteiger partial charge >= 0.3 is 0 Å². The standard InChI is InChI=1S/C25H29NO4S/c1-24(2,3)16-12-15(13-17(21(16)27)25(4,5)6)14-20-22(28)26(23(29)31-20)18-10-8-9-11-19(18)30-7/h8-14,27H,1-7H3/b20-14-. The van der Waals surface area contributed by atoms with E-state index in [9.17, 15) is 14.7 Å². The molecule has 1 saturated heterocycles. The summed E-state index contributed by atoms with van der Waals surface area (Å²) in [6.07, 6.45) is 1.73. The summed E-state index contributed by atoms with van der Waals surface area (Å²) in [6, 6.07) is 10.7. The zero-order chi connectivity index (χ0) is 23.1. The molecule has 1 aliphatic heterocycles. The summed E-state index contributed by atoms with van der Waals surface area (Å²) in [4.78, 5) is 27.3. The van der Waals surface area contributed by atoms with Crippen molar-refractivity contribution in [2.75, 3.05) is 12.0 Å². The molecule has 2 amide bonds. The molecule has 31 heavy (non-hydrogen) atoms. The molecule has 1 fully saturated rings. The summed E-state index contributed by atoms with van der Waals surface area (Å²) in [6.45, 7) is 12.2. The number of aromatic hydroxyl groups is 1. The third kappa shape index (κ3) is 4.49. The maximum atomic E-state index is 13.1. The monoisotopic (exact) mass is 439 g/mol. The quantitative estimate of drug-likeness (QED) is 0.574. The zero-order valence-electron chi connectivity index (χ0n) is 19.1. The third-order valence-electron chi connectivity index (χ3n) is 5.17. The van der Waals surface area contributed by atoms with Gasteiger partial charge in [0, 0.05) is 11.1 Å². The first kappa shape index (κ1) is 22.9. The van der Waals surface area contributed by atoms with Crippen molar-refractivity contribution in [1.29, 1.82) is 0 Å². The molecule has 0 atom stereocenters. The number of amides is 2. The van der Waals surface area contributed by atoms with Crippen LogP contribution in [-0.2, 0) is 15.6 Å². The van der Waals surface area contributed by atoms with Gasteiger partial charge in [0.15, 0.2) is 0 Å². The lowest BCUT2D eigenvalue weighted by molar-refractivity contribution is -0.113. The van der Waals surface area contributed by atoms with E-state index in [0.717, 1.165) is 33.4 Å². The molecule has 164 valence electrons. The normalized spacial score (nSPS) is 16.4. The van der Waals surface area contributed by atoms with Crippen molar-refractivity contribution in [2.45, 2.75) is 52.4 Å². The van der Waals surface area contributed by atoms with Crippen LogP contribution in [0.25, 0.3) is 6.08 Å². The lowest BCUT2D eigenvalue weighted by Gasteiger charge is -2.28. The van der Waals surface area contributed by atoms with Crippen molar-refractivity contribution in [3.8, 4) is 11.5 Å². The van der Waals surface area contributed by atoms with E-state index >= 15 is 0 Å². The second kappa shape index (κ2) is 8.08. The number of carbonyl (C=O) groups excluding carboxylic acids is 2. The van der Waals surface area contributed by atoms with Gasteiger partial charge in [-0.15, -0.1) is 0 Å². The molecule has 0 radical (unpaired) electrons. The summed E-state index contributed by atoms with van der Waals surface area (Å²) in [5, 5.41) is 10.5. The van der Waals surface area contributed by atoms with Gasteiger partial charge in [-0.25, -0.2) is 4.90 Å². The Morgan fingerprint density at radius 1 is 0.968 bits per heavy atom. The summed E-state index contributed by atoms with van der Waals surface area (Å²) in [5.74, 6) is 0.349. The predicted molar refractivity (Wildman–Crippen MR) is 127 cm³/mol. The van der Waals surface area contributed by atoms with Gasteiger partial charge in [-0.2, -0.15) is 0 Å². The second-order valence-electron chi connectivity index (χ2n) is 9.65. The molecule has 0 spiro atoms. The molecule has 0 unspecified atom stereocenters. The number of imide groups is 1. The van der Waals surface area contributed by atoms with Crippen molar-refractivity contribution in [3.63, 3.8) is 0 Å². The van der Waals surface area contributed by atoms with Crippen molar-refractivity contribution in [1.82, 2.24) is 0 Å². The number of carbonyl (C=O) groups is 2. The van der Waals surface area contributed by atoms with E-state index < -0.39 is 0 Å². The Kier molecular flexibility index (Phi) is 5.98. The minimum atomic E-state index is -0.387. The fourth-order valence-corrected chi connectivity index (χ4v) is 4.36. The van der Waals surface area contributed by atoms with Crippen molar-refractivity contribution in [2.24, 2.45) is 0 Å². The van der Waals surface area contributed by atoms with Crippen LogP contribution in [0.2, 0.25) is 0 Å². The maximum Gasteiger partial charge on any atom is 0.298 e. The van der Waals surface area contributed by atoms with Gasteiger partial charge in [0.1, 0.15) is 11.5 Å². The van der Waals surface area contributed by atoms with E-state index in [1.807, 2.05) is 53.7 Å². The lowest BCUT2D eigenvalue weighted by Crippen LogP contribution is -2.28. The Morgan fingerprint density at radius 3 is 2.03 bits per heavy atom. The zero-order valence-corrected chi connectivity index (χ0v) is 19.9. The molecule has 3 rings (SSSR count). The highest BCUT2D eigenvalue weighted by Crippen LogP contribution is 2.42. The number of hydrogen-bond acceptors (Lipinski definition) is 5. The topological polar surface area (TPSA) is 66.8 Å². The summed E-state index contributed by atoms with van der Waals surface area (Å²) in [5.41, 5.74) is 2.23. The van der Waals surface area contributed by atoms with E-state index in [1.165, 1.54) is 7.11 Å². The van der Waals surface area contributed by atoms with Crippen LogP contribution >= 0.6 is 11.8 Å². The first-order valence-corrected chi connectivity index (χ1v) is 10.9. The fourth-order valence-electron chi connectivity index (χ4n) is 3.52. The van der Waals surface area contributed by atoms with E-state index in [4.69, 9.17) is 4.74 Å². The van der Waals surface area contributed by atoms with Gasteiger partial charge in [0.25, 0.3) is 11.1 Å². The smallest absolute Gasteiger partial charge is 0.298 e. The van der Waals surface area contributed by atoms with Crippen LogP contribution in [-0.4, -0.2) is 23.4 Å². The molecule has 6 heteroatoms. The predicted octanol–water partition coefficient (Wildman–Crippen LogP) is 6.24. The van der Waals surface area contributed by atoms with Crippen molar-refractivity contribution < 1.29 is 19.4 Å². The molecule has 0 saturated carbocycles. The first-order valence-electron chi connectivity index (χ1n) is 10.1. The Labute approximate surface area is 188 Å². The van der Waals surface area contributed by atoms with E-state index in [0.29, 0.717) is 16.3 Å². The number of thioether (sulfide) groups is 1. The van der Waals surface area contributed by atoms with Gasteiger partial charge in [0.2, 0.25) is 0 Å². The molecule has 0 bridgehead atoms. The molecule has 2 aromatic carbocycles. The minimum Gasteiger partial charge on any atom is -0.507 e. The molecule has 1 aliphatic rings. The Morgan fingerprint density at radius 2 is 1.52 bits per heavy atom. The van der Waals surface area contributed by atoms with Crippen LogP contribution in [0.1, 0.15) is 58.2 Å². The number of benzene rings is 2. The van der Waals surface area contributed by atoms with Gasteiger partial charge in [-0.05, 0) is 58.5 Å². The summed E-state index contributed by atoms with van der Waals surface area (Å²) in [7, 11) is 1.51. The number of phenolic OH excluding ortho intramolecular Hbond substituents is 1. The highest BCUT2D eigenvalue weighted by Gasteiger charge is 2.38. The molecule has 1 heterocycles. The molecular formula is C25H29NO4S. The van der Waals surface area contributed by atoms with Gasteiger partial charge in [-0.1, -0.05) is 53.7 Å². The lowest BCUT2D eigenvalue weighted by atomic mass is 9.78. The average Bonchev–Trinajstić information content (AvgIpc) is 2.94. The number of hydrogen-bond donors (Lipinski definition) is 1. The number of anilines is 1. The van der Waals surface area contributed by atoms with Crippen LogP contribution in [0.5, 0.6) is 11.5 Å². The van der Waals surface area contributed by atoms with Gasteiger partial charge < -0.3 is 9.84 Å². The molecular weight excluding hydrogens is 410 g/mol. The summed E-state index contributed by atoms with van der Waals surface area (Å²) < 4.78 is 5.32. The average molecular weight is 440 g/mol. The number of rotatable bonds is 3. The highest BCUT2D eigenvalue weighted by atomic mass is 32.2. The first-order chi connectivity index (χ1) is 14.3. The second-order valence-corrected chi connectivity index (χ2v) is 10.6. The number of methoxy groups -OCH3 is 1. The third-order valence-corrected chi connectivity index (χ3v) is 6.04. The number of phenols is 1. The number of ether oxygens (including phenoxy) is 1. The molecule has 5 nitrogen and oxygen atoms in total. The van der Waals surface area contributed by atoms with Crippen LogP contribution in [0.15, 0.2) is 41.3 Å². The highest BCUT2D eigenvalue weighted by molar-refractivity contribution is 8.19. The number of para-hydroxylation sites is 2. The Balaban J connectivity index is 2.10. The Hall–Kier alpha value is -2.73. The summed E-state index contributed by atoms with van der Waals surface area (Å²) >= 11 is 0.902. The van der Waals surface area contributed by atoms with Gasteiger partial charge in [0.05, 0.1) is 17.7 Å². The Bertz CT molecular complexity index is 1040. The van der Waals surface area contributed by atoms with Crippen LogP contribution in [0.4, 0.5) is 10.5 Å². The largest absolute Gasteiger partial charge is 0.507 e.